The third-order valence-corrected chi connectivity index (χ3v) is 9.42. The smallest absolute Gasteiger partial charge is 0.331 e. The van der Waals surface area contributed by atoms with Crippen LogP contribution in [-0.2, 0) is 4.79 Å². The van der Waals surface area contributed by atoms with E-state index in [1.807, 2.05) is 36.4 Å². The molecule has 0 spiro atoms. The van der Waals surface area contributed by atoms with Gasteiger partial charge in [0.15, 0.2) is 5.78 Å². The van der Waals surface area contributed by atoms with Gasteiger partial charge in [-0.1, -0.05) is 50.3 Å². The van der Waals surface area contributed by atoms with Crippen LogP contribution in [0.2, 0.25) is 0 Å². The summed E-state index contributed by atoms with van der Waals surface area (Å²) in [6, 6.07) is 9.85. The Kier molecular flexibility index (Phi) is 4.57. The van der Waals surface area contributed by atoms with Crippen molar-refractivity contribution in [2.24, 2.45) is 34.5 Å². The van der Waals surface area contributed by atoms with E-state index in [4.69, 9.17) is 0 Å². The SMILES string of the molecule is C[C@]12CC[C@H]3[C@@H](CC=C4C=C(C(=O)O)CC[C@@]43C)[C@@H]1CC[C@@H]2C(=O)c1ccccc1. The van der Waals surface area contributed by atoms with Crippen LogP contribution in [0.15, 0.2) is 53.6 Å². The van der Waals surface area contributed by atoms with Crippen molar-refractivity contribution < 1.29 is 14.7 Å². The maximum Gasteiger partial charge on any atom is 0.331 e. The summed E-state index contributed by atoms with van der Waals surface area (Å²) in [6.45, 7) is 4.76. The number of hydrogen-bond donors (Lipinski definition) is 1. The third-order valence-electron chi connectivity index (χ3n) is 9.42. The first-order valence-electron chi connectivity index (χ1n) is 11.6. The standard InChI is InChI=1S/C27H32O3/c1-26-14-12-18(25(29)30)16-19(26)8-9-20-21-10-11-23(27(21,2)15-13-22(20)26)24(28)17-6-4-3-5-7-17/h3-8,16,20-23H,9-15H2,1-2H3,(H,29,30)/t20-,21-,22-,23+,26-,27-/m0/s1. The molecule has 2 fully saturated rings. The Balaban J connectivity index is 1.44. The quantitative estimate of drug-likeness (QED) is 0.622. The minimum absolute atomic E-state index is 0.0880. The Morgan fingerprint density at radius 3 is 2.50 bits per heavy atom. The second-order valence-electron chi connectivity index (χ2n) is 10.6. The van der Waals surface area contributed by atoms with E-state index in [1.54, 1.807) is 0 Å². The highest BCUT2D eigenvalue weighted by atomic mass is 16.4. The highest BCUT2D eigenvalue weighted by molar-refractivity contribution is 5.98. The topological polar surface area (TPSA) is 54.4 Å². The van der Waals surface area contributed by atoms with Gasteiger partial charge >= 0.3 is 5.97 Å². The van der Waals surface area contributed by atoms with Crippen molar-refractivity contribution in [3.05, 3.63) is 59.2 Å². The lowest BCUT2D eigenvalue weighted by atomic mass is 9.47. The van der Waals surface area contributed by atoms with E-state index in [2.05, 4.69) is 19.9 Å². The summed E-state index contributed by atoms with van der Waals surface area (Å²) < 4.78 is 0. The fraction of sp³-hybridized carbons (Fsp3) is 0.556. The Morgan fingerprint density at radius 1 is 1.00 bits per heavy atom. The van der Waals surface area contributed by atoms with E-state index in [1.165, 1.54) is 5.57 Å². The van der Waals surface area contributed by atoms with Gasteiger partial charge in [0.1, 0.15) is 0 Å². The molecule has 0 bridgehead atoms. The molecular weight excluding hydrogens is 372 g/mol. The van der Waals surface area contributed by atoms with Gasteiger partial charge in [-0.2, -0.15) is 0 Å². The molecule has 3 heteroatoms. The first kappa shape index (κ1) is 19.8. The average molecular weight is 405 g/mol. The van der Waals surface area contributed by atoms with Crippen LogP contribution in [0.4, 0.5) is 0 Å². The van der Waals surface area contributed by atoms with Gasteiger partial charge in [0.05, 0.1) is 0 Å². The second kappa shape index (κ2) is 6.93. The lowest BCUT2D eigenvalue weighted by Gasteiger charge is -2.57. The zero-order valence-electron chi connectivity index (χ0n) is 18.1. The van der Waals surface area contributed by atoms with Crippen molar-refractivity contribution in [2.45, 2.75) is 58.8 Å². The first-order chi connectivity index (χ1) is 14.3. The van der Waals surface area contributed by atoms with Crippen LogP contribution in [0, 0.1) is 34.5 Å². The Bertz CT molecular complexity index is 942. The van der Waals surface area contributed by atoms with Gasteiger partial charge in [-0.3, -0.25) is 4.79 Å². The van der Waals surface area contributed by atoms with Crippen LogP contribution in [-0.4, -0.2) is 16.9 Å². The zero-order valence-corrected chi connectivity index (χ0v) is 18.1. The van der Waals surface area contributed by atoms with Crippen molar-refractivity contribution in [2.75, 3.05) is 0 Å². The number of carboxylic acid groups (broad SMARTS) is 1. The molecule has 0 heterocycles. The molecule has 5 rings (SSSR count). The van der Waals surface area contributed by atoms with Crippen molar-refractivity contribution in [1.29, 1.82) is 0 Å². The molecule has 30 heavy (non-hydrogen) atoms. The molecular formula is C27H32O3. The minimum Gasteiger partial charge on any atom is -0.478 e. The number of allylic oxidation sites excluding steroid dienone is 3. The normalized spacial score (nSPS) is 39.8. The highest BCUT2D eigenvalue weighted by Crippen LogP contribution is 2.66. The van der Waals surface area contributed by atoms with Crippen LogP contribution >= 0.6 is 0 Å². The Morgan fingerprint density at radius 2 is 1.77 bits per heavy atom. The molecule has 158 valence electrons. The molecule has 1 aromatic rings. The number of carbonyl (C=O) groups excluding carboxylic acids is 1. The number of hydrogen-bond acceptors (Lipinski definition) is 2. The molecule has 0 aliphatic heterocycles. The summed E-state index contributed by atoms with van der Waals surface area (Å²) in [5.74, 6) is 1.51. The molecule has 1 N–H and O–H groups in total. The van der Waals surface area contributed by atoms with Crippen LogP contribution in [0.3, 0.4) is 0 Å². The van der Waals surface area contributed by atoms with Gasteiger partial charge in [0.2, 0.25) is 0 Å². The number of fused-ring (bicyclic) bond motifs is 5. The second-order valence-corrected chi connectivity index (χ2v) is 10.6. The van der Waals surface area contributed by atoms with Crippen molar-refractivity contribution in [3.8, 4) is 0 Å². The predicted molar refractivity (Wildman–Crippen MR) is 117 cm³/mol. The fourth-order valence-corrected chi connectivity index (χ4v) is 7.73. The monoisotopic (exact) mass is 404 g/mol. The van der Waals surface area contributed by atoms with E-state index in [-0.39, 0.29) is 16.7 Å². The number of aliphatic carboxylic acids is 1. The van der Waals surface area contributed by atoms with Gasteiger partial charge in [0, 0.05) is 17.1 Å². The number of rotatable bonds is 3. The van der Waals surface area contributed by atoms with E-state index < -0.39 is 5.97 Å². The molecule has 0 aromatic heterocycles. The summed E-state index contributed by atoms with van der Waals surface area (Å²) in [5.41, 5.74) is 2.86. The molecule has 0 amide bonds. The third kappa shape index (κ3) is 2.77. The fourth-order valence-electron chi connectivity index (χ4n) is 7.73. The lowest BCUT2D eigenvalue weighted by molar-refractivity contribution is -0.133. The van der Waals surface area contributed by atoms with Crippen molar-refractivity contribution >= 4 is 11.8 Å². The maximum absolute atomic E-state index is 13.4. The average Bonchev–Trinajstić information content (AvgIpc) is 3.10. The van der Waals surface area contributed by atoms with E-state index in [0.717, 1.165) is 44.1 Å². The number of carboxylic acids is 1. The van der Waals surface area contributed by atoms with E-state index in [0.29, 0.717) is 35.5 Å². The summed E-state index contributed by atoms with van der Waals surface area (Å²) in [5, 5.41) is 9.45. The molecule has 4 aliphatic carbocycles. The van der Waals surface area contributed by atoms with Crippen molar-refractivity contribution in [1.82, 2.24) is 0 Å². The van der Waals surface area contributed by atoms with Gasteiger partial charge in [0.25, 0.3) is 0 Å². The number of carbonyl (C=O) groups is 2. The minimum atomic E-state index is -0.769. The number of benzene rings is 1. The molecule has 6 atom stereocenters. The summed E-state index contributed by atoms with van der Waals surface area (Å²) in [7, 11) is 0. The van der Waals surface area contributed by atoms with Crippen molar-refractivity contribution in [3.63, 3.8) is 0 Å². The van der Waals surface area contributed by atoms with Gasteiger partial charge in [-0.15, -0.1) is 0 Å². The molecule has 0 unspecified atom stereocenters. The number of Topliss-reactive ketones (excluding diaryl/α,β-unsaturated/α-hetero) is 1. The Labute approximate surface area is 179 Å². The molecule has 0 radical (unpaired) electrons. The summed E-state index contributed by atoms with van der Waals surface area (Å²) in [6.07, 6.45) is 11.4. The van der Waals surface area contributed by atoms with Crippen LogP contribution in [0.25, 0.3) is 0 Å². The van der Waals surface area contributed by atoms with Gasteiger partial charge in [-0.25, -0.2) is 4.79 Å². The first-order valence-corrected chi connectivity index (χ1v) is 11.6. The summed E-state index contributed by atoms with van der Waals surface area (Å²) in [4.78, 5) is 24.9. The van der Waals surface area contributed by atoms with Crippen LogP contribution in [0.5, 0.6) is 0 Å². The maximum atomic E-state index is 13.4. The largest absolute Gasteiger partial charge is 0.478 e. The summed E-state index contributed by atoms with van der Waals surface area (Å²) >= 11 is 0. The number of ketones is 1. The van der Waals surface area contributed by atoms with Crippen LogP contribution < -0.4 is 0 Å². The molecule has 1 aromatic carbocycles. The van der Waals surface area contributed by atoms with Gasteiger partial charge < -0.3 is 5.11 Å². The predicted octanol–water partition coefficient (Wildman–Crippen LogP) is 6.07. The van der Waals surface area contributed by atoms with Gasteiger partial charge in [-0.05, 0) is 85.2 Å². The van der Waals surface area contributed by atoms with E-state index in [9.17, 15) is 14.7 Å². The molecule has 4 aliphatic rings. The molecule has 0 saturated heterocycles. The molecule has 3 nitrogen and oxygen atoms in total. The highest BCUT2D eigenvalue weighted by Gasteiger charge is 2.59. The Hall–Kier alpha value is -2.16. The lowest BCUT2D eigenvalue weighted by Crippen LogP contribution is -2.50. The van der Waals surface area contributed by atoms with Crippen LogP contribution in [0.1, 0.15) is 69.2 Å². The van der Waals surface area contributed by atoms with E-state index >= 15 is 0 Å². The molecule has 2 saturated carbocycles. The zero-order chi connectivity index (χ0) is 21.1.